The summed E-state index contributed by atoms with van der Waals surface area (Å²) in [6, 6.07) is 10.2. The number of rotatable bonds is 9. The SMILES string of the molecule is CCN(CC(=O)O)C1CC(NC(=O)NC(CC(C)C)c2ccccc2)C1. The Kier molecular flexibility index (Phi) is 7.45. The summed E-state index contributed by atoms with van der Waals surface area (Å²) in [4.78, 5) is 25.2. The predicted molar refractivity (Wildman–Crippen MR) is 102 cm³/mol. The van der Waals surface area contributed by atoms with Crippen LogP contribution in [-0.2, 0) is 4.79 Å². The van der Waals surface area contributed by atoms with Crippen LogP contribution in [0.5, 0.6) is 0 Å². The monoisotopic (exact) mass is 361 g/mol. The summed E-state index contributed by atoms with van der Waals surface area (Å²) in [7, 11) is 0. The van der Waals surface area contributed by atoms with Gasteiger partial charge in [-0.15, -0.1) is 0 Å². The molecule has 3 N–H and O–H groups in total. The first-order valence-electron chi connectivity index (χ1n) is 9.46. The molecule has 1 aliphatic carbocycles. The van der Waals surface area contributed by atoms with Crippen molar-refractivity contribution in [2.75, 3.05) is 13.1 Å². The first-order valence-corrected chi connectivity index (χ1v) is 9.46. The van der Waals surface area contributed by atoms with E-state index in [0.29, 0.717) is 12.5 Å². The van der Waals surface area contributed by atoms with Crippen molar-refractivity contribution in [2.24, 2.45) is 5.92 Å². The standard InChI is InChI=1S/C20H31N3O3/c1-4-23(13-19(24)25)17-11-16(12-17)21-20(26)22-18(10-14(2)3)15-8-6-5-7-9-15/h5-9,14,16-18H,4,10-13H2,1-3H3,(H,24,25)(H2,21,22,26). The Morgan fingerprint density at radius 1 is 1.23 bits per heavy atom. The van der Waals surface area contributed by atoms with Crippen molar-refractivity contribution in [2.45, 2.75) is 58.2 Å². The number of carboxylic acid groups (broad SMARTS) is 1. The van der Waals surface area contributed by atoms with E-state index in [4.69, 9.17) is 5.11 Å². The molecule has 2 amide bonds. The second-order valence-electron chi connectivity index (χ2n) is 7.49. The highest BCUT2D eigenvalue weighted by Crippen LogP contribution is 2.26. The van der Waals surface area contributed by atoms with Crippen molar-refractivity contribution >= 4 is 12.0 Å². The molecular weight excluding hydrogens is 330 g/mol. The van der Waals surface area contributed by atoms with Crippen molar-refractivity contribution in [1.29, 1.82) is 0 Å². The number of hydrogen-bond donors (Lipinski definition) is 3. The molecule has 0 bridgehead atoms. The van der Waals surface area contributed by atoms with Gasteiger partial charge in [0.2, 0.25) is 0 Å². The van der Waals surface area contributed by atoms with Crippen LogP contribution in [0, 0.1) is 5.92 Å². The molecule has 144 valence electrons. The third kappa shape index (κ3) is 6.02. The molecule has 1 fully saturated rings. The first kappa shape index (κ1) is 20.2. The van der Waals surface area contributed by atoms with Gasteiger partial charge < -0.3 is 15.7 Å². The van der Waals surface area contributed by atoms with Gasteiger partial charge in [-0.25, -0.2) is 4.79 Å². The van der Waals surface area contributed by atoms with Gasteiger partial charge in [0.05, 0.1) is 12.6 Å². The number of nitrogens with zero attached hydrogens (tertiary/aromatic N) is 1. The fourth-order valence-electron chi connectivity index (χ4n) is 3.50. The van der Waals surface area contributed by atoms with E-state index in [1.54, 1.807) is 0 Å². The summed E-state index contributed by atoms with van der Waals surface area (Å²) in [5.41, 5.74) is 1.11. The molecular formula is C20H31N3O3. The van der Waals surface area contributed by atoms with Crippen LogP contribution in [0.25, 0.3) is 0 Å². The van der Waals surface area contributed by atoms with Crippen molar-refractivity contribution in [1.82, 2.24) is 15.5 Å². The number of amides is 2. The Balaban J connectivity index is 1.83. The first-order chi connectivity index (χ1) is 12.4. The predicted octanol–water partition coefficient (Wildman–Crippen LogP) is 3.01. The molecule has 1 atom stereocenters. The van der Waals surface area contributed by atoms with E-state index in [-0.39, 0.29) is 30.7 Å². The summed E-state index contributed by atoms with van der Waals surface area (Å²) in [6.07, 6.45) is 2.48. The van der Waals surface area contributed by atoms with Gasteiger partial charge in [0.15, 0.2) is 0 Å². The van der Waals surface area contributed by atoms with Gasteiger partial charge in [-0.3, -0.25) is 9.69 Å². The average Bonchev–Trinajstić information content (AvgIpc) is 2.55. The van der Waals surface area contributed by atoms with Crippen LogP contribution in [0.15, 0.2) is 30.3 Å². The number of benzene rings is 1. The summed E-state index contributed by atoms with van der Waals surface area (Å²) in [5.74, 6) is -0.330. The lowest BCUT2D eigenvalue weighted by Gasteiger charge is -2.42. The van der Waals surface area contributed by atoms with Crippen LogP contribution < -0.4 is 10.6 Å². The van der Waals surface area contributed by atoms with Gasteiger partial charge in [0, 0.05) is 12.1 Å². The Bertz CT molecular complexity index is 585. The van der Waals surface area contributed by atoms with Crippen LogP contribution >= 0.6 is 0 Å². The summed E-state index contributed by atoms with van der Waals surface area (Å²) < 4.78 is 0. The third-order valence-corrected chi connectivity index (χ3v) is 4.92. The molecule has 1 unspecified atom stereocenters. The Labute approximate surface area is 156 Å². The smallest absolute Gasteiger partial charge is 0.317 e. The average molecular weight is 361 g/mol. The quantitative estimate of drug-likeness (QED) is 0.631. The lowest BCUT2D eigenvalue weighted by atomic mass is 9.85. The molecule has 1 aliphatic rings. The van der Waals surface area contributed by atoms with Gasteiger partial charge in [0.1, 0.15) is 0 Å². The molecule has 1 saturated carbocycles. The molecule has 6 heteroatoms. The Hall–Kier alpha value is -2.08. The van der Waals surface area contributed by atoms with Crippen molar-refractivity contribution in [3.63, 3.8) is 0 Å². The maximum atomic E-state index is 12.4. The van der Waals surface area contributed by atoms with Gasteiger partial charge in [-0.2, -0.15) is 0 Å². The van der Waals surface area contributed by atoms with Crippen LogP contribution in [0.4, 0.5) is 4.79 Å². The molecule has 0 aliphatic heterocycles. The molecule has 6 nitrogen and oxygen atoms in total. The highest BCUT2D eigenvalue weighted by atomic mass is 16.4. The molecule has 2 rings (SSSR count). The van der Waals surface area contributed by atoms with E-state index in [2.05, 4.69) is 24.5 Å². The lowest BCUT2D eigenvalue weighted by molar-refractivity contribution is -0.139. The normalized spacial score (nSPS) is 20.5. The Morgan fingerprint density at radius 2 is 1.88 bits per heavy atom. The number of urea groups is 1. The largest absolute Gasteiger partial charge is 0.480 e. The fourth-order valence-corrected chi connectivity index (χ4v) is 3.50. The molecule has 0 spiro atoms. The highest BCUT2D eigenvalue weighted by molar-refractivity contribution is 5.75. The van der Waals surface area contributed by atoms with Crippen LogP contribution in [-0.4, -0.2) is 47.2 Å². The van der Waals surface area contributed by atoms with Gasteiger partial charge in [-0.1, -0.05) is 51.1 Å². The van der Waals surface area contributed by atoms with E-state index in [1.807, 2.05) is 42.2 Å². The second-order valence-corrected chi connectivity index (χ2v) is 7.49. The van der Waals surface area contributed by atoms with E-state index in [1.165, 1.54) is 0 Å². The van der Waals surface area contributed by atoms with E-state index in [0.717, 1.165) is 24.8 Å². The zero-order valence-corrected chi connectivity index (χ0v) is 15.9. The number of aliphatic carboxylic acids is 1. The van der Waals surface area contributed by atoms with E-state index in [9.17, 15) is 9.59 Å². The Morgan fingerprint density at radius 3 is 2.42 bits per heavy atom. The zero-order chi connectivity index (χ0) is 19.1. The molecule has 0 aromatic heterocycles. The van der Waals surface area contributed by atoms with Crippen molar-refractivity contribution < 1.29 is 14.7 Å². The number of carbonyl (C=O) groups is 2. The van der Waals surface area contributed by atoms with Crippen molar-refractivity contribution in [3.8, 4) is 0 Å². The fraction of sp³-hybridized carbons (Fsp3) is 0.600. The molecule has 0 heterocycles. The molecule has 1 aromatic carbocycles. The molecule has 1 aromatic rings. The highest BCUT2D eigenvalue weighted by Gasteiger charge is 2.34. The number of carboxylic acids is 1. The second kappa shape index (κ2) is 9.57. The summed E-state index contributed by atoms with van der Waals surface area (Å²) in [6.45, 7) is 7.03. The van der Waals surface area contributed by atoms with Gasteiger partial charge >= 0.3 is 12.0 Å². The minimum absolute atomic E-state index is 0.00813. The number of hydrogen-bond acceptors (Lipinski definition) is 3. The van der Waals surface area contributed by atoms with E-state index >= 15 is 0 Å². The number of likely N-dealkylation sites (N-methyl/N-ethyl adjacent to an activating group) is 1. The number of carbonyl (C=O) groups excluding carboxylic acids is 1. The summed E-state index contributed by atoms with van der Waals surface area (Å²) in [5, 5.41) is 15.1. The summed E-state index contributed by atoms with van der Waals surface area (Å²) >= 11 is 0. The van der Waals surface area contributed by atoms with Crippen molar-refractivity contribution in [3.05, 3.63) is 35.9 Å². The molecule has 0 radical (unpaired) electrons. The third-order valence-electron chi connectivity index (χ3n) is 4.92. The number of nitrogens with one attached hydrogen (secondary N) is 2. The maximum Gasteiger partial charge on any atom is 0.317 e. The minimum atomic E-state index is -0.805. The lowest BCUT2D eigenvalue weighted by Crippen LogP contribution is -2.56. The maximum absolute atomic E-state index is 12.4. The van der Waals surface area contributed by atoms with E-state index < -0.39 is 5.97 Å². The molecule has 0 saturated heterocycles. The van der Waals surface area contributed by atoms with Gasteiger partial charge in [-0.05, 0) is 37.3 Å². The van der Waals surface area contributed by atoms with Gasteiger partial charge in [0.25, 0.3) is 0 Å². The zero-order valence-electron chi connectivity index (χ0n) is 15.9. The van der Waals surface area contributed by atoms with Crippen LogP contribution in [0.3, 0.4) is 0 Å². The topological polar surface area (TPSA) is 81.7 Å². The molecule has 26 heavy (non-hydrogen) atoms. The van der Waals surface area contributed by atoms with Crippen LogP contribution in [0.2, 0.25) is 0 Å². The minimum Gasteiger partial charge on any atom is -0.480 e. The van der Waals surface area contributed by atoms with Crippen LogP contribution in [0.1, 0.15) is 51.6 Å².